The van der Waals surface area contributed by atoms with E-state index in [9.17, 15) is 9.90 Å². The molecule has 0 aliphatic carbocycles. The van der Waals surface area contributed by atoms with Crippen LogP contribution >= 0.6 is 0 Å². The van der Waals surface area contributed by atoms with Gasteiger partial charge in [-0.15, -0.1) is 0 Å². The lowest BCUT2D eigenvalue weighted by Gasteiger charge is -2.32. The average Bonchev–Trinajstić information content (AvgIpc) is 2.68. The molecule has 0 radical (unpaired) electrons. The number of fused-ring (bicyclic) bond motifs is 1. The highest BCUT2D eigenvalue weighted by Crippen LogP contribution is 2.24. The van der Waals surface area contributed by atoms with Gasteiger partial charge in [0.25, 0.3) is 0 Å². The third-order valence-corrected chi connectivity index (χ3v) is 4.61. The van der Waals surface area contributed by atoms with E-state index in [0.29, 0.717) is 13.2 Å². The van der Waals surface area contributed by atoms with Crippen molar-refractivity contribution in [3.05, 3.63) is 88.3 Å². The minimum Gasteiger partial charge on any atom is -0.503 e. The molecule has 0 amide bonds. The highest BCUT2D eigenvalue weighted by molar-refractivity contribution is 5.50. The molecule has 0 saturated carbocycles. The number of aromatic hydroxyl groups is 1. The van der Waals surface area contributed by atoms with Gasteiger partial charge in [0.2, 0.25) is 5.43 Å². The lowest BCUT2D eigenvalue weighted by molar-refractivity contribution is 0.306. The standard InChI is InChI=1S/C21H20N2O3/c24-20-12-18-13-22(10-11-23(18)14-21(20)25)17-6-8-19(9-7-17)26-15-16-4-2-1-3-5-16/h1-9,12,14,25H,10-11,13,15H2. The molecule has 5 heteroatoms. The van der Waals surface area contributed by atoms with E-state index in [4.69, 9.17) is 4.74 Å². The monoisotopic (exact) mass is 348 g/mol. The van der Waals surface area contributed by atoms with E-state index in [-0.39, 0.29) is 11.2 Å². The highest BCUT2D eigenvalue weighted by atomic mass is 16.5. The second-order valence-electron chi connectivity index (χ2n) is 6.40. The number of hydrogen-bond acceptors (Lipinski definition) is 4. The first kappa shape index (κ1) is 16.3. The van der Waals surface area contributed by atoms with Crippen molar-refractivity contribution in [3.8, 4) is 11.5 Å². The van der Waals surface area contributed by atoms with Crippen LogP contribution in [0.1, 0.15) is 11.3 Å². The Balaban J connectivity index is 1.44. The summed E-state index contributed by atoms with van der Waals surface area (Å²) in [6.45, 7) is 2.73. The van der Waals surface area contributed by atoms with Crippen LogP contribution in [0.2, 0.25) is 0 Å². The Labute approximate surface area is 151 Å². The largest absolute Gasteiger partial charge is 0.503 e. The molecular weight excluding hydrogens is 328 g/mol. The van der Waals surface area contributed by atoms with Crippen LogP contribution in [-0.4, -0.2) is 16.2 Å². The molecule has 0 unspecified atom stereocenters. The van der Waals surface area contributed by atoms with Crippen LogP contribution in [0.3, 0.4) is 0 Å². The molecule has 1 aromatic heterocycles. The molecule has 132 valence electrons. The molecule has 4 rings (SSSR count). The van der Waals surface area contributed by atoms with Crippen molar-refractivity contribution in [1.29, 1.82) is 0 Å². The molecule has 0 fully saturated rings. The number of anilines is 1. The molecule has 3 aromatic rings. The Morgan fingerprint density at radius 2 is 1.77 bits per heavy atom. The molecule has 1 aliphatic rings. The van der Waals surface area contributed by atoms with Crippen LogP contribution in [0.15, 0.2) is 71.7 Å². The minimum absolute atomic E-state index is 0.192. The number of pyridine rings is 1. The smallest absolute Gasteiger partial charge is 0.223 e. The van der Waals surface area contributed by atoms with Crippen LogP contribution < -0.4 is 15.1 Å². The van der Waals surface area contributed by atoms with Gasteiger partial charge in [0.1, 0.15) is 12.4 Å². The Kier molecular flexibility index (Phi) is 4.35. The van der Waals surface area contributed by atoms with E-state index < -0.39 is 0 Å². The Morgan fingerprint density at radius 3 is 2.54 bits per heavy atom. The summed E-state index contributed by atoms with van der Waals surface area (Å²) in [6, 6.07) is 19.6. The topological polar surface area (TPSA) is 54.7 Å². The average molecular weight is 348 g/mol. The maximum atomic E-state index is 11.7. The highest BCUT2D eigenvalue weighted by Gasteiger charge is 2.17. The molecule has 5 nitrogen and oxygen atoms in total. The van der Waals surface area contributed by atoms with Crippen molar-refractivity contribution in [3.63, 3.8) is 0 Å². The van der Waals surface area contributed by atoms with E-state index in [1.807, 2.05) is 59.2 Å². The fourth-order valence-electron chi connectivity index (χ4n) is 3.16. The van der Waals surface area contributed by atoms with Gasteiger partial charge < -0.3 is 19.3 Å². The van der Waals surface area contributed by atoms with Crippen LogP contribution in [0.25, 0.3) is 0 Å². The lowest BCUT2D eigenvalue weighted by atomic mass is 10.2. The quantitative estimate of drug-likeness (QED) is 0.787. The van der Waals surface area contributed by atoms with Crippen LogP contribution in [0.4, 0.5) is 5.69 Å². The normalized spacial score (nSPS) is 13.3. The number of nitrogens with zero attached hydrogens (tertiary/aromatic N) is 2. The number of ether oxygens (including phenoxy) is 1. The number of benzene rings is 2. The number of rotatable bonds is 4. The summed E-state index contributed by atoms with van der Waals surface area (Å²) < 4.78 is 7.76. The van der Waals surface area contributed by atoms with E-state index in [2.05, 4.69) is 4.90 Å². The van der Waals surface area contributed by atoms with E-state index in [0.717, 1.165) is 35.8 Å². The first-order valence-electron chi connectivity index (χ1n) is 8.63. The fraction of sp³-hybridized carbons (Fsp3) is 0.190. The first-order valence-corrected chi connectivity index (χ1v) is 8.63. The second kappa shape index (κ2) is 6.96. The minimum atomic E-state index is -0.331. The molecule has 2 heterocycles. The maximum Gasteiger partial charge on any atom is 0.223 e. The van der Waals surface area contributed by atoms with Crippen molar-refractivity contribution in [1.82, 2.24) is 4.57 Å². The summed E-state index contributed by atoms with van der Waals surface area (Å²) in [5.74, 6) is 0.637. The van der Waals surface area contributed by atoms with Gasteiger partial charge in [-0.25, -0.2) is 0 Å². The van der Waals surface area contributed by atoms with Gasteiger partial charge in [-0.05, 0) is 29.8 Å². The first-order chi connectivity index (χ1) is 12.7. The van der Waals surface area contributed by atoms with E-state index in [1.165, 1.54) is 12.3 Å². The third-order valence-electron chi connectivity index (χ3n) is 4.61. The van der Waals surface area contributed by atoms with Crippen LogP contribution in [0.5, 0.6) is 11.5 Å². The molecule has 0 saturated heterocycles. The zero-order valence-corrected chi connectivity index (χ0v) is 14.3. The zero-order chi connectivity index (χ0) is 17.9. The van der Waals surface area contributed by atoms with Crippen molar-refractivity contribution < 1.29 is 9.84 Å². The molecule has 1 N–H and O–H groups in total. The van der Waals surface area contributed by atoms with Gasteiger partial charge in [-0.2, -0.15) is 0 Å². The summed E-state index contributed by atoms with van der Waals surface area (Å²) >= 11 is 0. The predicted octanol–water partition coefficient (Wildman–Crippen LogP) is 3.15. The number of hydrogen-bond donors (Lipinski definition) is 1. The Morgan fingerprint density at radius 1 is 1.00 bits per heavy atom. The summed E-state index contributed by atoms with van der Waals surface area (Å²) in [4.78, 5) is 13.9. The maximum absolute atomic E-state index is 11.7. The molecule has 0 atom stereocenters. The zero-order valence-electron chi connectivity index (χ0n) is 14.3. The predicted molar refractivity (Wildman–Crippen MR) is 101 cm³/mol. The van der Waals surface area contributed by atoms with Gasteiger partial charge >= 0.3 is 0 Å². The van der Waals surface area contributed by atoms with Crippen LogP contribution in [0, 0.1) is 0 Å². The van der Waals surface area contributed by atoms with Gasteiger partial charge in [0.05, 0.1) is 12.7 Å². The van der Waals surface area contributed by atoms with Gasteiger partial charge in [-0.3, -0.25) is 4.79 Å². The summed E-state index contributed by atoms with van der Waals surface area (Å²) in [5, 5.41) is 9.56. The van der Waals surface area contributed by atoms with Crippen molar-refractivity contribution in [2.45, 2.75) is 19.7 Å². The third kappa shape index (κ3) is 3.42. The molecular formula is C21H20N2O3. The molecule has 2 aromatic carbocycles. The van der Waals surface area contributed by atoms with Gasteiger partial charge in [0, 0.05) is 30.5 Å². The van der Waals surface area contributed by atoms with Crippen molar-refractivity contribution in [2.24, 2.45) is 0 Å². The molecule has 1 aliphatic heterocycles. The summed E-state index contributed by atoms with van der Waals surface area (Å²) in [6.07, 6.45) is 1.52. The van der Waals surface area contributed by atoms with E-state index in [1.54, 1.807) is 0 Å². The molecule has 0 bridgehead atoms. The van der Waals surface area contributed by atoms with Crippen molar-refractivity contribution in [2.75, 3.05) is 11.4 Å². The SMILES string of the molecule is O=c1cc2n(cc1O)CCN(c1ccc(OCc3ccccc3)cc1)C2. The summed E-state index contributed by atoms with van der Waals surface area (Å²) in [7, 11) is 0. The Hall–Kier alpha value is -3.21. The van der Waals surface area contributed by atoms with Gasteiger partial charge in [-0.1, -0.05) is 30.3 Å². The molecule has 0 spiro atoms. The Bertz CT molecular complexity index is 949. The fourth-order valence-corrected chi connectivity index (χ4v) is 3.16. The summed E-state index contributed by atoms with van der Waals surface area (Å²) in [5.41, 5.74) is 2.80. The van der Waals surface area contributed by atoms with Crippen LogP contribution in [-0.2, 0) is 19.7 Å². The van der Waals surface area contributed by atoms with Crippen molar-refractivity contribution >= 4 is 5.69 Å². The number of aromatic nitrogens is 1. The van der Waals surface area contributed by atoms with Gasteiger partial charge in [0.15, 0.2) is 5.75 Å². The lowest BCUT2D eigenvalue weighted by Crippen LogP contribution is -2.35. The molecule has 26 heavy (non-hydrogen) atoms. The van der Waals surface area contributed by atoms with E-state index >= 15 is 0 Å². The second-order valence-corrected chi connectivity index (χ2v) is 6.40.